The lowest BCUT2D eigenvalue weighted by atomic mass is 9.80. The third-order valence-electron chi connectivity index (χ3n) is 5.79. The molecule has 3 heterocycles. The van der Waals surface area contributed by atoms with Gasteiger partial charge in [0.1, 0.15) is 6.33 Å². The first kappa shape index (κ1) is 18.5. The normalized spacial score (nSPS) is 26.5. The first-order valence-corrected chi connectivity index (χ1v) is 9.54. The van der Waals surface area contributed by atoms with Gasteiger partial charge in [-0.2, -0.15) is 4.98 Å². The molecule has 0 aromatic carbocycles. The summed E-state index contributed by atoms with van der Waals surface area (Å²) in [6, 6.07) is -0.0405. The van der Waals surface area contributed by atoms with Crippen LogP contribution in [0.15, 0.2) is 23.2 Å². The monoisotopic (exact) mass is 384 g/mol. The molecule has 3 atom stereocenters. The van der Waals surface area contributed by atoms with Crippen LogP contribution in [0.4, 0.5) is 0 Å². The van der Waals surface area contributed by atoms with E-state index in [0.29, 0.717) is 36.8 Å². The maximum atomic E-state index is 12.6. The van der Waals surface area contributed by atoms with Crippen molar-refractivity contribution < 1.29 is 14.1 Å². The number of amides is 2. The van der Waals surface area contributed by atoms with E-state index in [2.05, 4.69) is 25.4 Å². The third-order valence-corrected chi connectivity index (χ3v) is 5.79. The van der Waals surface area contributed by atoms with Crippen molar-refractivity contribution in [1.82, 2.24) is 30.3 Å². The van der Waals surface area contributed by atoms with Crippen molar-refractivity contribution in [3.05, 3.63) is 36.0 Å². The molecular weight excluding hydrogens is 360 g/mol. The summed E-state index contributed by atoms with van der Waals surface area (Å²) in [4.78, 5) is 39.3. The van der Waals surface area contributed by atoms with Crippen LogP contribution in [0.2, 0.25) is 0 Å². The predicted molar refractivity (Wildman–Crippen MR) is 98.1 cm³/mol. The molecule has 0 radical (unpaired) electrons. The Morgan fingerprint density at radius 3 is 2.71 bits per heavy atom. The minimum atomic E-state index is -0.420. The molecule has 2 fully saturated rings. The fourth-order valence-corrected chi connectivity index (χ4v) is 4.53. The molecule has 2 aromatic rings. The predicted octanol–water partition coefficient (Wildman–Crippen LogP) is 1.11. The Kier molecular flexibility index (Phi) is 4.60. The fourth-order valence-electron chi connectivity index (χ4n) is 4.53. The molecule has 9 nitrogen and oxygen atoms in total. The van der Waals surface area contributed by atoms with Crippen molar-refractivity contribution in [3.63, 3.8) is 0 Å². The van der Waals surface area contributed by atoms with Crippen molar-refractivity contribution >= 4 is 11.8 Å². The molecule has 2 aromatic heterocycles. The van der Waals surface area contributed by atoms with Crippen LogP contribution in [-0.4, -0.2) is 56.0 Å². The second-order valence-electron chi connectivity index (χ2n) is 8.11. The maximum Gasteiger partial charge on any atom is 0.254 e. The molecule has 1 saturated carbocycles. The smallest absolute Gasteiger partial charge is 0.254 e. The second kappa shape index (κ2) is 6.96. The number of fused-ring (bicyclic) bond motifs is 1. The molecule has 1 aliphatic heterocycles. The number of aromatic nitrogens is 4. The van der Waals surface area contributed by atoms with Crippen LogP contribution in [-0.2, 0) is 10.2 Å². The Morgan fingerprint density at radius 2 is 2.07 bits per heavy atom. The summed E-state index contributed by atoms with van der Waals surface area (Å²) in [7, 11) is 0. The van der Waals surface area contributed by atoms with Gasteiger partial charge < -0.3 is 14.7 Å². The average molecular weight is 384 g/mol. The van der Waals surface area contributed by atoms with E-state index >= 15 is 0 Å². The molecule has 1 saturated heterocycles. The minimum absolute atomic E-state index is 0.0405. The molecule has 2 amide bonds. The zero-order valence-electron chi connectivity index (χ0n) is 16.3. The maximum absolute atomic E-state index is 12.6. The van der Waals surface area contributed by atoms with Gasteiger partial charge in [0.05, 0.1) is 11.0 Å². The Morgan fingerprint density at radius 1 is 1.32 bits per heavy atom. The first-order chi connectivity index (χ1) is 13.4. The first-order valence-electron chi connectivity index (χ1n) is 9.54. The summed E-state index contributed by atoms with van der Waals surface area (Å²) in [6.45, 7) is 6.78. The van der Waals surface area contributed by atoms with Gasteiger partial charge in [-0.25, -0.2) is 9.97 Å². The van der Waals surface area contributed by atoms with E-state index in [0.717, 1.165) is 6.42 Å². The van der Waals surface area contributed by atoms with Gasteiger partial charge in [0, 0.05) is 37.4 Å². The zero-order chi connectivity index (χ0) is 19.9. The van der Waals surface area contributed by atoms with Crippen molar-refractivity contribution in [2.45, 2.75) is 45.1 Å². The van der Waals surface area contributed by atoms with Gasteiger partial charge in [-0.05, 0) is 25.7 Å². The van der Waals surface area contributed by atoms with Crippen molar-refractivity contribution in [1.29, 1.82) is 0 Å². The highest BCUT2D eigenvalue weighted by molar-refractivity contribution is 5.93. The Labute approximate surface area is 162 Å². The van der Waals surface area contributed by atoms with Crippen LogP contribution in [0, 0.1) is 18.8 Å². The van der Waals surface area contributed by atoms with Crippen LogP contribution < -0.4 is 5.32 Å². The van der Waals surface area contributed by atoms with Gasteiger partial charge in [-0.15, -0.1) is 0 Å². The highest BCUT2D eigenvalue weighted by Crippen LogP contribution is 2.50. The van der Waals surface area contributed by atoms with Gasteiger partial charge in [0.15, 0.2) is 5.82 Å². The van der Waals surface area contributed by atoms with Crippen molar-refractivity contribution in [2.24, 2.45) is 11.8 Å². The number of hydrogen-bond acceptors (Lipinski definition) is 7. The molecule has 1 aliphatic carbocycles. The number of carbonyl (C=O) groups is 2. The molecular formula is C19H24N6O3. The lowest BCUT2D eigenvalue weighted by Gasteiger charge is -2.26. The summed E-state index contributed by atoms with van der Waals surface area (Å²) in [5.41, 5.74) is 0.00980. The van der Waals surface area contributed by atoms with E-state index in [1.165, 1.54) is 18.7 Å². The highest BCUT2D eigenvalue weighted by atomic mass is 16.5. The number of carbonyl (C=O) groups excluding carboxylic acids is 2. The summed E-state index contributed by atoms with van der Waals surface area (Å²) < 4.78 is 5.55. The van der Waals surface area contributed by atoms with Gasteiger partial charge in [0.25, 0.3) is 5.91 Å². The zero-order valence-corrected chi connectivity index (χ0v) is 16.3. The SMILES string of the molecule is Cc1noc(C23CC(NC(=O)c4cncnc4)CC2CN(C(=O)C(C)C)C3)n1. The number of nitrogens with one attached hydrogen (secondary N) is 1. The number of rotatable bonds is 4. The van der Waals surface area contributed by atoms with Gasteiger partial charge in [-0.3, -0.25) is 9.59 Å². The summed E-state index contributed by atoms with van der Waals surface area (Å²) in [5.74, 6) is 1.17. The van der Waals surface area contributed by atoms with E-state index in [1.54, 1.807) is 6.92 Å². The molecule has 4 rings (SSSR count). The largest absolute Gasteiger partial charge is 0.349 e. The Hall–Kier alpha value is -2.84. The Balaban J connectivity index is 1.56. The van der Waals surface area contributed by atoms with Crippen LogP contribution in [0.25, 0.3) is 0 Å². The van der Waals surface area contributed by atoms with Crippen LogP contribution in [0.1, 0.15) is 48.8 Å². The number of likely N-dealkylation sites (tertiary alicyclic amines) is 1. The molecule has 9 heteroatoms. The molecule has 0 bridgehead atoms. The minimum Gasteiger partial charge on any atom is -0.349 e. The van der Waals surface area contributed by atoms with Crippen molar-refractivity contribution in [2.75, 3.05) is 13.1 Å². The lowest BCUT2D eigenvalue weighted by molar-refractivity contribution is -0.133. The number of aryl methyl sites for hydroxylation is 1. The van der Waals surface area contributed by atoms with Gasteiger partial charge >= 0.3 is 0 Å². The average Bonchev–Trinajstić information content (AvgIpc) is 3.34. The molecule has 28 heavy (non-hydrogen) atoms. The third kappa shape index (κ3) is 3.14. The second-order valence-corrected chi connectivity index (χ2v) is 8.11. The van der Waals surface area contributed by atoms with Crippen LogP contribution in [0.5, 0.6) is 0 Å². The highest BCUT2D eigenvalue weighted by Gasteiger charge is 2.58. The topological polar surface area (TPSA) is 114 Å². The van der Waals surface area contributed by atoms with Crippen molar-refractivity contribution in [3.8, 4) is 0 Å². The summed E-state index contributed by atoms with van der Waals surface area (Å²) in [5, 5.41) is 7.04. The number of nitrogens with zero attached hydrogens (tertiary/aromatic N) is 5. The van der Waals surface area contributed by atoms with Crippen LogP contribution >= 0.6 is 0 Å². The molecule has 3 unspecified atom stereocenters. The standard InChI is InChI=1S/C19H24N6O3/c1-11(2)17(27)25-8-14-4-15(23-16(26)13-6-20-10-21-7-13)5-19(14,9-25)18-22-12(3)24-28-18/h6-7,10-11,14-15H,4-5,8-9H2,1-3H3,(H,23,26). The molecule has 2 aliphatic rings. The molecule has 0 spiro atoms. The fraction of sp³-hybridized carbons (Fsp3) is 0.579. The lowest BCUT2D eigenvalue weighted by Crippen LogP contribution is -2.40. The summed E-state index contributed by atoms with van der Waals surface area (Å²) >= 11 is 0. The quantitative estimate of drug-likeness (QED) is 0.840. The van der Waals surface area contributed by atoms with Crippen LogP contribution in [0.3, 0.4) is 0 Å². The van der Waals surface area contributed by atoms with Gasteiger partial charge in [-0.1, -0.05) is 19.0 Å². The molecule has 1 N–H and O–H groups in total. The Bertz CT molecular complexity index is 883. The van der Waals surface area contributed by atoms with E-state index in [9.17, 15) is 9.59 Å². The van der Waals surface area contributed by atoms with E-state index < -0.39 is 5.41 Å². The van der Waals surface area contributed by atoms with Gasteiger partial charge in [0.2, 0.25) is 11.8 Å². The van der Waals surface area contributed by atoms with E-state index in [4.69, 9.17) is 4.52 Å². The molecule has 148 valence electrons. The summed E-state index contributed by atoms with van der Waals surface area (Å²) in [6.07, 6.45) is 5.80. The van der Waals surface area contributed by atoms with E-state index in [-0.39, 0.29) is 29.7 Å². The number of hydrogen-bond donors (Lipinski definition) is 1. The van der Waals surface area contributed by atoms with E-state index in [1.807, 2.05) is 18.7 Å².